The molecular formula is C16H22N2O3. The molecule has 2 saturated heterocycles. The van der Waals surface area contributed by atoms with Crippen molar-refractivity contribution in [2.24, 2.45) is 5.92 Å². The fourth-order valence-electron chi connectivity index (χ4n) is 2.74. The normalized spacial score (nSPS) is 25.5. The molecule has 1 aromatic carbocycles. The van der Waals surface area contributed by atoms with Crippen LogP contribution >= 0.6 is 0 Å². The summed E-state index contributed by atoms with van der Waals surface area (Å²) in [5, 5.41) is 6.23. The Bertz CT molecular complexity index is 463. The second-order valence-corrected chi connectivity index (χ2v) is 5.66. The van der Waals surface area contributed by atoms with E-state index in [2.05, 4.69) is 10.6 Å². The number of hydrogen-bond donors (Lipinski definition) is 2. The lowest BCUT2D eigenvalue weighted by Crippen LogP contribution is -2.37. The van der Waals surface area contributed by atoms with Crippen LogP contribution in [0.15, 0.2) is 24.3 Å². The average Bonchev–Trinajstić information content (AvgIpc) is 3.03. The van der Waals surface area contributed by atoms with Crippen LogP contribution in [0.5, 0.6) is 5.75 Å². The molecule has 5 nitrogen and oxygen atoms in total. The summed E-state index contributed by atoms with van der Waals surface area (Å²) in [6.07, 6.45) is 3.11. The summed E-state index contributed by atoms with van der Waals surface area (Å²) in [6.45, 7) is 3.22. The first-order valence-electron chi connectivity index (χ1n) is 7.67. The standard InChI is InChI=1S/C16H22N2O3/c19-16(12-2-1-8-17-10-12)18-13-3-5-14(6-4-13)21-15-7-9-20-11-15/h3-6,12,15,17H,1-2,7-11H2,(H,18,19). The molecule has 2 unspecified atom stereocenters. The number of rotatable bonds is 4. The van der Waals surface area contributed by atoms with E-state index >= 15 is 0 Å². The highest BCUT2D eigenvalue weighted by molar-refractivity contribution is 5.92. The molecule has 2 aliphatic rings. The van der Waals surface area contributed by atoms with Gasteiger partial charge in [-0.1, -0.05) is 0 Å². The predicted octanol–water partition coefficient (Wildman–Crippen LogP) is 1.79. The van der Waals surface area contributed by atoms with Crippen LogP contribution in [0, 0.1) is 5.92 Å². The molecule has 1 amide bonds. The molecule has 2 atom stereocenters. The van der Waals surface area contributed by atoms with Crippen molar-refractivity contribution in [2.75, 3.05) is 31.6 Å². The van der Waals surface area contributed by atoms with Gasteiger partial charge < -0.3 is 20.1 Å². The molecule has 0 bridgehead atoms. The average molecular weight is 290 g/mol. The van der Waals surface area contributed by atoms with Gasteiger partial charge in [0.05, 0.1) is 19.1 Å². The van der Waals surface area contributed by atoms with Crippen LogP contribution in [0.1, 0.15) is 19.3 Å². The first-order chi connectivity index (χ1) is 10.3. The third kappa shape index (κ3) is 3.95. The van der Waals surface area contributed by atoms with E-state index in [9.17, 15) is 4.79 Å². The molecule has 114 valence electrons. The van der Waals surface area contributed by atoms with Gasteiger partial charge in [0.1, 0.15) is 11.9 Å². The Balaban J connectivity index is 1.52. The number of anilines is 1. The highest BCUT2D eigenvalue weighted by Gasteiger charge is 2.21. The molecule has 0 spiro atoms. The second kappa shape index (κ2) is 6.91. The van der Waals surface area contributed by atoms with E-state index in [1.807, 2.05) is 24.3 Å². The van der Waals surface area contributed by atoms with Crippen LogP contribution in [-0.4, -0.2) is 38.3 Å². The molecule has 0 radical (unpaired) electrons. The summed E-state index contributed by atoms with van der Waals surface area (Å²) < 4.78 is 11.1. The summed E-state index contributed by atoms with van der Waals surface area (Å²) in [5.74, 6) is 0.994. The molecule has 3 rings (SSSR count). The first kappa shape index (κ1) is 14.4. The Morgan fingerprint density at radius 2 is 2.14 bits per heavy atom. The Labute approximate surface area is 125 Å². The number of amides is 1. The monoisotopic (exact) mass is 290 g/mol. The summed E-state index contributed by atoms with van der Waals surface area (Å²) in [7, 11) is 0. The third-order valence-electron chi connectivity index (χ3n) is 3.98. The van der Waals surface area contributed by atoms with Gasteiger partial charge in [-0.2, -0.15) is 0 Å². The summed E-state index contributed by atoms with van der Waals surface area (Å²) in [4.78, 5) is 12.1. The van der Waals surface area contributed by atoms with Crippen molar-refractivity contribution in [3.05, 3.63) is 24.3 Å². The van der Waals surface area contributed by atoms with Gasteiger partial charge in [-0.25, -0.2) is 0 Å². The Morgan fingerprint density at radius 1 is 1.29 bits per heavy atom. The Hall–Kier alpha value is -1.59. The molecule has 5 heteroatoms. The van der Waals surface area contributed by atoms with Crippen molar-refractivity contribution in [3.63, 3.8) is 0 Å². The van der Waals surface area contributed by atoms with Crippen molar-refractivity contribution in [1.82, 2.24) is 5.32 Å². The maximum atomic E-state index is 12.1. The quantitative estimate of drug-likeness (QED) is 0.887. The van der Waals surface area contributed by atoms with E-state index in [1.165, 1.54) is 0 Å². The molecule has 21 heavy (non-hydrogen) atoms. The minimum absolute atomic E-state index is 0.0744. The van der Waals surface area contributed by atoms with Gasteiger partial charge in [0.15, 0.2) is 0 Å². The number of nitrogens with one attached hydrogen (secondary N) is 2. The van der Waals surface area contributed by atoms with Gasteiger partial charge in [0, 0.05) is 18.7 Å². The minimum Gasteiger partial charge on any atom is -0.488 e. The third-order valence-corrected chi connectivity index (χ3v) is 3.98. The van der Waals surface area contributed by atoms with Crippen LogP contribution in [0.25, 0.3) is 0 Å². The van der Waals surface area contributed by atoms with E-state index in [4.69, 9.17) is 9.47 Å². The van der Waals surface area contributed by atoms with Crippen LogP contribution in [0.4, 0.5) is 5.69 Å². The van der Waals surface area contributed by atoms with Gasteiger partial charge >= 0.3 is 0 Å². The molecule has 2 fully saturated rings. The minimum atomic E-state index is 0.0744. The summed E-state index contributed by atoms with van der Waals surface area (Å²) in [5.41, 5.74) is 0.820. The van der Waals surface area contributed by atoms with Gasteiger partial charge in [-0.05, 0) is 43.7 Å². The highest BCUT2D eigenvalue weighted by atomic mass is 16.5. The van der Waals surface area contributed by atoms with Crippen molar-refractivity contribution < 1.29 is 14.3 Å². The molecule has 2 N–H and O–H groups in total. The lowest BCUT2D eigenvalue weighted by molar-refractivity contribution is -0.120. The second-order valence-electron chi connectivity index (χ2n) is 5.66. The van der Waals surface area contributed by atoms with Gasteiger partial charge in [-0.3, -0.25) is 4.79 Å². The van der Waals surface area contributed by atoms with Crippen molar-refractivity contribution in [3.8, 4) is 5.75 Å². The van der Waals surface area contributed by atoms with Gasteiger partial charge in [-0.15, -0.1) is 0 Å². The molecule has 0 aliphatic carbocycles. The van der Waals surface area contributed by atoms with E-state index < -0.39 is 0 Å². The maximum Gasteiger partial charge on any atom is 0.228 e. The number of carbonyl (C=O) groups excluding carboxylic acids is 1. The van der Waals surface area contributed by atoms with Gasteiger partial charge in [0.2, 0.25) is 5.91 Å². The molecule has 2 aliphatic heterocycles. The highest BCUT2D eigenvalue weighted by Crippen LogP contribution is 2.20. The van der Waals surface area contributed by atoms with Gasteiger partial charge in [0.25, 0.3) is 0 Å². The number of ether oxygens (including phenoxy) is 2. The van der Waals surface area contributed by atoms with E-state index in [0.717, 1.165) is 50.4 Å². The lowest BCUT2D eigenvalue weighted by atomic mass is 9.99. The number of benzene rings is 1. The summed E-state index contributed by atoms with van der Waals surface area (Å²) in [6, 6.07) is 7.57. The van der Waals surface area contributed by atoms with Crippen molar-refractivity contribution in [2.45, 2.75) is 25.4 Å². The Morgan fingerprint density at radius 3 is 2.81 bits per heavy atom. The molecular weight excluding hydrogens is 268 g/mol. The zero-order valence-electron chi connectivity index (χ0n) is 12.1. The number of hydrogen-bond acceptors (Lipinski definition) is 4. The van der Waals surface area contributed by atoms with Crippen LogP contribution in [0.3, 0.4) is 0 Å². The Kier molecular flexibility index (Phi) is 4.72. The lowest BCUT2D eigenvalue weighted by Gasteiger charge is -2.22. The number of piperidine rings is 1. The van der Waals surface area contributed by atoms with E-state index in [-0.39, 0.29) is 17.9 Å². The topological polar surface area (TPSA) is 59.6 Å². The first-order valence-corrected chi connectivity index (χ1v) is 7.67. The van der Waals surface area contributed by atoms with Crippen LogP contribution < -0.4 is 15.4 Å². The molecule has 2 heterocycles. The SMILES string of the molecule is O=C(Nc1ccc(OC2CCOC2)cc1)C1CCCNC1. The smallest absolute Gasteiger partial charge is 0.228 e. The fraction of sp³-hybridized carbons (Fsp3) is 0.562. The van der Waals surface area contributed by atoms with E-state index in [0.29, 0.717) is 6.61 Å². The van der Waals surface area contributed by atoms with Crippen molar-refractivity contribution >= 4 is 11.6 Å². The predicted molar refractivity (Wildman–Crippen MR) is 80.5 cm³/mol. The van der Waals surface area contributed by atoms with Crippen LogP contribution in [-0.2, 0) is 9.53 Å². The number of carbonyl (C=O) groups is 1. The molecule has 0 saturated carbocycles. The van der Waals surface area contributed by atoms with Crippen LogP contribution in [0.2, 0.25) is 0 Å². The zero-order chi connectivity index (χ0) is 14.5. The maximum absolute atomic E-state index is 12.1. The van der Waals surface area contributed by atoms with Crippen molar-refractivity contribution in [1.29, 1.82) is 0 Å². The molecule has 0 aromatic heterocycles. The largest absolute Gasteiger partial charge is 0.488 e. The fourth-order valence-corrected chi connectivity index (χ4v) is 2.74. The zero-order valence-corrected chi connectivity index (χ0v) is 12.1. The molecule has 1 aromatic rings. The summed E-state index contributed by atoms with van der Waals surface area (Å²) >= 11 is 0. The van der Waals surface area contributed by atoms with E-state index in [1.54, 1.807) is 0 Å².